The number of nitrogens with zero attached hydrogens (tertiary/aromatic N) is 3. The molecule has 4 nitrogen and oxygen atoms in total. The van der Waals surface area contributed by atoms with Crippen molar-refractivity contribution in [1.29, 1.82) is 0 Å². The first kappa shape index (κ1) is 13.6. The van der Waals surface area contributed by atoms with Gasteiger partial charge in [-0.05, 0) is 19.4 Å². The van der Waals surface area contributed by atoms with Crippen molar-refractivity contribution in [3.8, 4) is 0 Å². The van der Waals surface area contributed by atoms with Crippen molar-refractivity contribution < 1.29 is 5.11 Å². The van der Waals surface area contributed by atoms with Crippen molar-refractivity contribution >= 4 is 5.82 Å². The van der Waals surface area contributed by atoms with Crippen LogP contribution in [-0.2, 0) is 20.2 Å². The predicted molar refractivity (Wildman–Crippen MR) is 77.2 cm³/mol. The molecule has 0 atom stereocenters. The molecule has 2 rings (SSSR count). The molecular formula is C15H21N3O. The van der Waals surface area contributed by atoms with E-state index in [1.807, 2.05) is 25.7 Å². The van der Waals surface area contributed by atoms with Crippen LogP contribution in [-0.4, -0.2) is 21.9 Å². The van der Waals surface area contributed by atoms with E-state index in [2.05, 4.69) is 41.2 Å². The summed E-state index contributed by atoms with van der Waals surface area (Å²) in [4.78, 5) is 2.12. The van der Waals surface area contributed by atoms with Crippen LogP contribution in [0.25, 0.3) is 0 Å². The van der Waals surface area contributed by atoms with E-state index in [-0.39, 0.29) is 6.61 Å². The minimum absolute atomic E-state index is 0.0211. The molecule has 0 saturated carbocycles. The number of rotatable bonds is 4. The van der Waals surface area contributed by atoms with Crippen LogP contribution in [0.4, 0.5) is 5.82 Å². The van der Waals surface area contributed by atoms with Gasteiger partial charge in [0.25, 0.3) is 0 Å². The van der Waals surface area contributed by atoms with E-state index < -0.39 is 0 Å². The van der Waals surface area contributed by atoms with E-state index in [1.165, 1.54) is 11.1 Å². The maximum atomic E-state index is 9.48. The summed E-state index contributed by atoms with van der Waals surface area (Å²) in [6.07, 6.45) is 0. The molecule has 1 heterocycles. The predicted octanol–water partition coefficient (Wildman–Crippen LogP) is 2.17. The fourth-order valence-corrected chi connectivity index (χ4v) is 2.39. The Hall–Kier alpha value is -1.81. The van der Waals surface area contributed by atoms with Crippen LogP contribution in [0.3, 0.4) is 0 Å². The van der Waals surface area contributed by atoms with Crippen LogP contribution in [0, 0.1) is 13.8 Å². The number of benzene rings is 1. The third-order valence-electron chi connectivity index (χ3n) is 3.37. The average molecular weight is 259 g/mol. The molecule has 0 spiro atoms. The summed E-state index contributed by atoms with van der Waals surface area (Å²) in [5, 5.41) is 13.9. The van der Waals surface area contributed by atoms with Crippen LogP contribution in [0.1, 0.15) is 22.4 Å². The zero-order valence-electron chi connectivity index (χ0n) is 12.0. The number of hydrogen-bond acceptors (Lipinski definition) is 3. The molecule has 0 bridgehead atoms. The van der Waals surface area contributed by atoms with Gasteiger partial charge in [0.2, 0.25) is 0 Å². The lowest BCUT2D eigenvalue weighted by molar-refractivity contribution is 0.281. The van der Waals surface area contributed by atoms with E-state index in [9.17, 15) is 5.11 Å². The van der Waals surface area contributed by atoms with Crippen molar-refractivity contribution in [2.75, 3.05) is 11.9 Å². The van der Waals surface area contributed by atoms with Crippen molar-refractivity contribution in [1.82, 2.24) is 9.78 Å². The monoisotopic (exact) mass is 259 g/mol. The van der Waals surface area contributed by atoms with Crippen LogP contribution in [0.15, 0.2) is 24.3 Å². The number of anilines is 1. The van der Waals surface area contributed by atoms with Gasteiger partial charge in [-0.2, -0.15) is 5.10 Å². The Morgan fingerprint density at radius 1 is 1.21 bits per heavy atom. The van der Waals surface area contributed by atoms with Gasteiger partial charge in [0.15, 0.2) is 0 Å². The Bertz CT molecular complexity index is 558. The highest BCUT2D eigenvalue weighted by Crippen LogP contribution is 2.23. The van der Waals surface area contributed by atoms with Gasteiger partial charge in [0.05, 0.1) is 12.3 Å². The topological polar surface area (TPSA) is 41.3 Å². The second-order valence-electron chi connectivity index (χ2n) is 5.01. The molecule has 0 amide bonds. The summed E-state index contributed by atoms with van der Waals surface area (Å²) in [5.41, 5.74) is 4.29. The third-order valence-corrected chi connectivity index (χ3v) is 3.37. The number of aliphatic hydroxyl groups excluding tert-OH is 1. The lowest BCUT2D eigenvalue weighted by Gasteiger charge is -2.21. The van der Waals surface area contributed by atoms with Crippen molar-refractivity contribution in [2.24, 2.45) is 7.05 Å². The lowest BCUT2D eigenvalue weighted by atomic mass is 10.1. The Kier molecular flexibility index (Phi) is 3.90. The average Bonchev–Trinajstić information content (AvgIpc) is 2.66. The van der Waals surface area contributed by atoms with Gasteiger partial charge in [-0.1, -0.05) is 29.8 Å². The first-order valence-electron chi connectivity index (χ1n) is 6.43. The summed E-state index contributed by atoms with van der Waals surface area (Å²) in [7, 11) is 3.93. The van der Waals surface area contributed by atoms with E-state index >= 15 is 0 Å². The molecule has 1 aromatic heterocycles. The molecular weight excluding hydrogens is 238 g/mol. The van der Waals surface area contributed by atoms with Gasteiger partial charge in [-0.15, -0.1) is 0 Å². The van der Waals surface area contributed by atoms with Gasteiger partial charge in [0.1, 0.15) is 5.82 Å². The number of aryl methyl sites for hydroxylation is 3. The Balaban J connectivity index is 2.24. The summed E-state index contributed by atoms with van der Waals surface area (Å²) in [6, 6.07) is 8.50. The number of hydrogen-bond donors (Lipinski definition) is 1. The third kappa shape index (κ3) is 2.79. The van der Waals surface area contributed by atoms with Gasteiger partial charge < -0.3 is 10.0 Å². The molecule has 102 valence electrons. The van der Waals surface area contributed by atoms with E-state index in [0.717, 1.165) is 23.6 Å². The summed E-state index contributed by atoms with van der Waals surface area (Å²) < 4.78 is 1.83. The molecule has 0 aliphatic heterocycles. The molecule has 0 aliphatic rings. The molecule has 1 aromatic carbocycles. The van der Waals surface area contributed by atoms with Crippen LogP contribution < -0.4 is 4.90 Å². The Labute approximate surface area is 114 Å². The molecule has 1 N–H and O–H groups in total. The van der Waals surface area contributed by atoms with E-state index in [4.69, 9.17) is 0 Å². The number of aliphatic hydroxyl groups is 1. The van der Waals surface area contributed by atoms with Gasteiger partial charge in [-0.3, -0.25) is 4.68 Å². The number of aromatic nitrogens is 2. The molecule has 0 saturated heterocycles. The van der Waals surface area contributed by atoms with Gasteiger partial charge in [0, 0.05) is 26.2 Å². The minimum Gasteiger partial charge on any atom is -0.391 e. The van der Waals surface area contributed by atoms with Crippen LogP contribution in [0.5, 0.6) is 0 Å². The highest BCUT2D eigenvalue weighted by Gasteiger charge is 2.16. The quantitative estimate of drug-likeness (QED) is 0.915. The first-order chi connectivity index (χ1) is 9.02. The molecule has 2 aromatic rings. The highest BCUT2D eigenvalue weighted by molar-refractivity contribution is 5.49. The zero-order valence-corrected chi connectivity index (χ0v) is 12.0. The van der Waals surface area contributed by atoms with E-state index in [0.29, 0.717) is 0 Å². The highest BCUT2D eigenvalue weighted by atomic mass is 16.3. The molecule has 0 aliphatic carbocycles. The van der Waals surface area contributed by atoms with Crippen molar-refractivity contribution in [3.05, 3.63) is 46.6 Å². The summed E-state index contributed by atoms with van der Waals surface area (Å²) >= 11 is 0. The Morgan fingerprint density at radius 3 is 2.42 bits per heavy atom. The molecule has 0 unspecified atom stereocenters. The molecule has 0 radical (unpaired) electrons. The standard InChI is InChI=1S/C15H21N3O/c1-11-5-7-13(8-6-11)9-17(3)15-14(10-19)12(2)16-18(15)4/h5-8,19H,9-10H2,1-4H3. The van der Waals surface area contributed by atoms with E-state index in [1.54, 1.807) is 0 Å². The second kappa shape index (κ2) is 5.45. The van der Waals surface area contributed by atoms with Gasteiger partial charge >= 0.3 is 0 Å². The molecule has 19 heavy (non-hydrogen) atoms. The lowest BCUT2D eigenvalue weighted by Crippen LogP contribution is -2.20. The summed E-state index contributed by atoms with van der Waals surface area (Å²) in [5.74, 6) is 0.973. The van der Waals surface area contributed by atoms with Crippen molar-refractivity contribution in [2.45, 2.75) is 27.0 Å². The molecule has 0 fully saturated rings. The SMILES string of the molecule is Cc1ccc(CN(C)c2c(CO)c(C)nn2C)cc1. The van der Waals surface area contributed by atoms with Crippen LogP contribution >= 0.6 is 0 Å². The first-order valence-corrected chi connectivity index (χ1v) is 6.43. The second-order valence-corrected chi connectivity index (χ2v) is 5.01. The summed E-state index contributed by atoms with van der Waals surface area (Å²) in [6.45, 7) is 4.83. The fourth-order valence-electron chi connectivity index (χ4n) is 2.39. The Morgan fingerprint density at radius 2 is 1.84 bits per heavy atom. The normalized spacial score (nSPS) is 10.8. The maximum Gasteiger partial charge on any atom is 0.132 e. The largest absolute Gasteiger partial charge is 0.391 e. The molecule has 4 heteroatoms. The van der Waals surface area contributed by atoms with Crippen LogP contribution in [0.2, 0.25) is 0 Å². The zero-order chi connectivity index (χ0) is 14.0. The van der Waals surface area contributed by atoms with Gasteiger partial charge in [-0.25, -0.2) is 0 Å². The smallest absolute Gasteiger partial charge is 0.132 e. The minimum atomic E-state index is 0.0211. The van der Waals surface area contributed by atoms with Crippen molar-refractivity contribution in [3.63, 3.8) is 0 Å². The maximum absolute atomic E-state index is 9.48. The fraction of sp³-hybridized carbons (Fsp3) is 0.400.